The molecule has 1 aromatic carbocycles. The molecule has 0 aliphatic rings. The lowest BCUT2D eigenvalue weighted by Crippen LogP contribution is -1.85. The van der Waals surface area contributed by atoms with Crippen LogP contribution in [-0.2, 0) is 0 Å². The second-order valence-electron chi connectivity index (χ2n) is 3.62. The van der Waals surface area contributed by atoms with Crippen molar-refractivity contribution in [3.63, 3.8) is 0 Å². The van der Waals surface area contributed by atoms with Crippen LogP contribution in [0.5, 0.6) is 5.75 Å². The van der Waals surface area contributed by atoms with Crippen LogP contribution in [-0.4, -0.2) is 7.11 Å². The normalized spacial score (nSPS) is 9.12. The molecule has 0 spiro atoms. The zero-order valence-corrected chi connectivity index (χ0v) is 10.0. The van der Waals surface area contributed by atoms with Gasteiger partial charge in [0.2, 0.25) is 0 Å². The fraction of sp³-hybridized carbons (Fsp3) is 0.333. The first-order valence-electron chi connectivity index (χ1n) is 5.60. The SMILES string of the molecule is C=C(C#CCCCC)c1cccc(OC)c1. The molecule has 0 fully saturated rings. The number of benzene rings is 1. The summed E-state index contributed by atoms with van der Waals surface area (Å²) in [4.78, 5) is 0. The average Bonchev–Trinajstić information content (AvgIpc) is 2.34. The second kappa shape index (κ2) is 6.74. The smallest absolute Gasteiger partial charge is 0.119 e. The Kier molecular flexibility index (Phi) is 5.22. The van der Waals surface area contributed by atoms with E-state index in [9.17, 15) is 0 Å². The Hall–Kier alpha value is -1.68. The minimum absolute atomic E-state index is 0.842. The van der Waals surface area contributed by atoms with Gasteiger partial charge in [-0.05, 0) is 24.1 Å². The van der Waals surface area contributed by atoms with Gasteiger partial charge < -0.3 is 4.74 Å². The van der Waals surface area contributed by atoms with Crippen molar-refractivity contribution in [2.45, 2.75) is 26.2 Å². The highest BCUT2D eigenvalue weighted by atomic mass is 16.5. The van der Waals surface area contributed by atoms with Crippen molar-refractivity contribution in [2.24, 2.45) is 0 Å². The maximum absolute atomic E-state index is 5.16. The van der Waals surface area contributed by atoms with E-state index in [-0.39, 0.29) is 0 Å². The third-order valence-electron chi connectivity index (χ3n) is 2.31. The van der Waals surface area contributed by atoms with Gasteiger partial charge in [-0.1, -0.05) is 43.9 Å². The number of methoxy groups -OCH3 is 1. The van der Waals surface area contributed by atoms with Crippen LogP contribution in [0.1, 0.15) is 31.7 Å². The van der Waals surface area contributed by atoms with Gasteiger partial charge in [0.25, 0.3) is 0 Å². The van der Waals surface area contributed by atoms with Gasteiger partial charge >= 0.3 is 0 Å². The van der Waals surface area contributed by atoms with Crippen molar-refractivity contribution in [3.8, 4) is 17.6 Å². The Morgan fingerprint density at radius 2 is 2.25 bits per heavy atom. The Morgan fingerprint density at radius 3 is 2.94 bits per heavy atom. The lowest BCUT2D eigenvalue weighted by atomic mass is 10.1. The van der Waals surface area contributed by atoms with E-state index in [1.54, 1.807) is 7.11 Å². The molecule has 0 saturated heterocycles. The zero-order chi connectivity index (χ0) is 11.8. The molecule has 0 amide bonds. The third kappa shape index (κ3) is 3.82. The molecular formula is C15H18O. The molecule has 0 radical (unpaired) electrons. The summed E-state index contributed by atoms with van der Waals surface area (Å²) in [6.45, 7) is 6.13. The van der Waals surface area contributed by atoms with Gasteiger partial charge in [-0.15, -0.1) is 0 Å². The molecule has 0 aromatic heterocycles. The van der Waals surface area contributed by atoms with Crippen LogP contribution in [0.25, 0.3) is 5.57 Å². The fourth-order valence-electron chi connectivity index (χ4n) is 1.32. The molecule has 0 aliphatic heterocycles. The van der Waals surface area contributed by atoms with Gasteiger partial charge in [0.1, 0.15) is 5.75 Å². The van der Waals surface area contributed by atoms with Crippen LogP contribution in [0, 0.1) is 11.8 Å². The Bertz CT molecular complexity index is 407. The molecule has 0 atom stereocenters. The number of rotatable bonds is 4. The third-order valence-corrected chi connectivity index (χ3v) is 2.31. The summed E-state index contributed by atoms with van der Waals surface area (Å²) < 4.78 is 5.16. The van der Waals surface area contributed by atoms with Gasteiger partial charge in [0.05, 0.1) is 7.11 Å². The molecule has 0 N–H and O–H groups in total. The van der Waals surface area contributed by atoms with Crippen molar-refractivity contribution in [3.05, 3.63) is 36.4 Å². The molecule has 1 rings (SSSR count). The summed E-state index contributed by atoms with van der Waals surface area (Å²) in [6, 6.07) is 7.82. The predicted octanol–water partition coefficient (Wildman–Crippen LogP) is 3.90. The molecule has 0 bridgehead atoms. The molecule has 1 nitrogen and oxygen atoms in total. The summed E-state index contributed by atoms with van der Waals surface area (Å²) in [5.74, 6) is 7.06. The maximum Gasteiger partial charge on any atom is 0.119 e. The fourth-order valence-corrected chi connectivity index (χ4v) is 1.32. The number of hydrogen-bond donors (Lipinski definition) is 0. The highest BCUT2D eigenvalue weighted by molar-refractivity contribution is 5.77. The lowest BCUT2D eigenvalue weighted by Gasteiger charge is -2.02. The Morgan fingerprint density at radius 1 is 1.44 bits per heavy atom. The van der Waals surface area contributed by atoms with Crippen LogP contribution >= 0.6 is 0 Å². The van der Waals surface area contributed by atoms with Crippen LogP contribution in [0.4, 0.5) is 0 Å². The monoisotopic (exact) mass is 214 g/mol. The van der Waals surface area contributed by atoms with Gasteiger partial charge in [-0.25, -0.2) is 0 Å². The summed E-state index contributed by atoms with van der Waals surface area (Å²) in [6.07, 6.45) is 3.28. The van der Waals surface area contributed by atoms with Crippen LogP contribution < -0.4 is 4.74 Å². The molecule has 0 heterocycles. The maximum atomic E-state index is 5.16. The lowest BCUT2D eigenvalue weighted by molar-refractivity contribution is 0.414. The van der Waals surface area contributed by atoms with Crippen molar-refractivity contribution in [1.82, 2.24) is 0 Å². The van der Waals surface area contributed by atoms with Crippen LogP contribution in [0.15, 0.2) is 30.8 Å². The van der Waals surface area contributed by atoms with E-state index >= 15 is 0 Å². The molecule has 0 saturated carbocycles. The number of hydrogen-bond acceptors (Lipinski definition) is 1. The van der Waals surface area contributed by atoms with Crippen molar-refractivity contribution < 1.29 is 4.74 Å². The molecule has 84 valence electrons. The summed E-state index contributed by atoms with van der Waals surface area (Å²) in [7, 11) is 1.66. The van der Waals surface area contributed by atoms with E-state index in [0.717, 1.165) is 29.7 Å². The zero-order valence-electron chi connectivity index (χ0n) is 10.0. The standard InChI is InChI=1S/C15H18O/c1-4-5-6-7-9-13(2)14-10-8-11-15(12-14)16-3/h8,10-12H,2,4-6H2,1,3H3. The van der Waals surface area contributed by atoms with Crippen LogP contribution in [0.3, 0.4) is 0 Å². The van der Waals surface area contributed by atoms with E-state index in [4.69, 9.17) is 4.74 Å². The van der Waals surface area contributed by atoms with E-state index in [2.05, 4.69) is 25.3 Å². The quantitative estimate of drug-likeness (QED) is 0.545. The molecule has 0 aliphatic carbocycles. The first-order chi connectivity index (χ1) is 7.77. The average molecular weight is 214 g/mol. The van der Waals surface area contributed by atoms with Gasteiger partial charge in [0.15, 0.2) is 0 Å². The van der Waals surface area contributed by atoms with Crippen molar-refractivity contribution >= 4 is 5.57 Å². The van der Waals surface area contributed by atoms with Gasteiger partial charge in [-0.3, -0.25) is 0 Å². The highest BCUT2D eigenvalue weighted by Crippen LogP contribution is 2.18. The molecule has 1 aromatic rings. The number of ether oxygens (including phenoxy) is 1. The first kappa shape index (κ1) is 12.4. The Labute approximate surface area is 98.1 Å². The topological polar surface area (TPSA) is 9.23 Å². The van der Waals surface area contributed by atoms with E-state index in [1.807, 2.05) is 24.3 Å². The highest BCUT2D eigenvalue weighted by Gasteiger charge is 1.97. The summed E-state index contributed by atoms with van der Waals surface area (Å²) in [5, 5.41) is 0. The number of unbranched alkanes of at least 4 members (excludes halogenated alkanes) is 2. The van der Waals surface area contributed by atoms with Gasteiger partial charge in [0, 0.05) is 12.0 Å². The van der Waals surface area contributed by atoms with Crippen molar-refractivity contribution in [2.75, 3.05) is 7.11 Å². The Balaban J connectivity index is 2.67. The largest absolute Gasteiger partial charge is 0.497 e. The predicted molar refractivity (Wildman–Crippen MR) is 69.3 cm³/mol. The minimum atomic E-state index is 0.842. The number of allylic oxidation sites excluding steroid dienone is 1. The molecule has 0 unspecified atom stereocenters. The molecule has 16 heavy (non-hydrogen) atoms. The molecular weight excluding hydrogens is 196 g/mol. The van der Waals surface area contributed by atoms with Gasteiger partial charge in [-0.2, -0.15) is 0 Å². The summed E-state index contributed by atoms with van der Waals surface area (Å²) in [5.41, 5.74) is 1.89. The second-order valence-corrected chi connectivity index (χ2v) is 3.62. The van der Waals surface area contributed by atoms with E-state index in [0.29, 0.717) is 0 Å². The van der Waals surface area contributed by atoms with E-state index in [1.165, 1.54) is 6.42 Å². The summed E-state index contributed by atoms with van der Waals surface area (Å²) >= 11 is 0. The molecule has 1 heteroatoms. The van der Waals surface area contributed by atoms with Crippen LogP contribution in [0.2, 0.25) is 0 Å². The van der Waals surface area contributed by atoms with E-state index < -0.39 is 0 Å². The first-order valence-corrected chi connectivity index (χ1v) is 5.60. The van der Waals surface area contributed by atoms with Crippen molar-refractivity contribution in [1.29, 1.82) is 0 Å². The minimum Gasteiger partial charge on any atom is -0.497 e.